The predicted molar refractivity (Wildman–Crippen MR) is 79.0 cm³/mol. The summed E-state index contributed by atoms with van der Waals surface area (Å²) in [5.41, 5.74) is 7.04. The summed E-state index contributed by atoms with van der Waals surface area (Å²) >= 11 is 0. The molecule has 21 heavy (non-hydrogen) atoms. The van der Waals surface area contributed by atoms with Crippen molar-refractivity contribution in [3.8, 4) is 0 Å². The van der Waals surface area contributed by atoms with Crippen molar-refractivity contribution >= 4 is 10.8 Å². The van der Waals surface area contributed by atoms with E-state index in [2.05, 4.69) is 0 Å². The highest BCUT2D eigenvalue weighted by Gasteiger charge is 2.27. The van der Waals surface area contributed by atoms with E-state index in [1.54, 1.807) is 11.9 Å². The molecule has 0 saturated heterocycles. The van der Waals surface area contributed by atoms with Crippen LogP contribution in [0.4, 0.5) is 13.2 Å². The molecular weight excluding hydrogens is 277 g/mol. The van der Waals surface area contributed by atoms with Crippen molar-refractivity contribution in [3.63, 3.8) is 0 Å². The van der Waals surface area contributed by atoms with E-state index >= 15 is 0 Å². The smallest absolute Gasteiger partial charge is 0.323 e. The fourth-order valence-electron chi connectivity index (χ4n) is 2.29. The number of rotatable bonds is 5. The van der Waals surface area contributed by atoms with Crippen molar-refractivity contribution in [2.45, 2.75) is 18.6 Å². The minimum atomic E-state index is -4.12. The summed E-state index contributed by atoms with van der Waals surface area (Å²) in [6.45, 7) is 0.360. The third kappa shape index (κ3) is 4.72. The van der Waals surface area contributed by atoms with Crippen LogP contribution in [0.5, 0.6) is 0 Å². The van der Waals surface area contributed by atoms with E-state index in [9.17, 15) is 13.2 Å². The van der Waals surface area contributed by atoms with Gasteiger partial charge in [-0.2, -0.15) is 13.2 Å². The molecule has 2 N–H and O–H groups in total. The summed E-state index contributed by atoms with van der Waals surface area (Å²) in [4.78, 5) is 1.62. The fourth-order valence-corrected chi connectivity index (χ4v) is 2.29. The van der Waals surface area contributed by atoms with Crippen molar-refractivity contribution < 1.29 is 13.2 Å². The van der Waals surface area contributed by atoms with Crippen molar-refractivity contribution in [2.24, 2.45) is 5.73 Å². The third-order valence-electron chi connectivity index (χ3n) is 3.49. The number of nitrogens with zero attached hydrogens (tertiary/aromatic N) is 1. The Morgan fingerprint density at radius 3 is 2.43 bits per heavy atom. The molecule has 114 valence electrons. The van der Waals surface area contributed by atoms with Crippen LogP contribution in [0, 0.1) is 0 Å². The molecule has 2 aromatic rings. The Balaban J connectivity index is 1.99. The number of hydrogen-bond acceptors (Lipinski definition) is 2. The van der Waals surface area contributed by atoms with Crippen molar-refractivity contribution in [2.75, 3.05) is 20.1 Å². The topological polar surface area (TPSA) is 29.3 Å². The standard InChI is InChI=1S/C16H19F3N2/c1-21(9-8-16(17,18)19)11-15(20)14-7-6-12-4-2-3-5-13(12)10-14/h2-7,10,15H,8-9,11,20H2,1H3. The summed E-state index contributed by atoms with van der Waals surface area (Å²) in [6.07, 6.45) is -4.94. The van der Waals surface area contributed by atoms with Crippen molar-refractivity contribution in [3.05, 3.63) is 48.0 Å². The van der Waals surface area contributed by atoms with Crippen LogP contribution in [0.25, 0.3) is 10.8 Å². The van der Waals surface area contributed by atoms with Crippen LogP contribution in [0.2, 0.25) is 0 Å². The molecule has 2 nitrogen and oxygen atoms in total. The van der Waals surface area contributed by atoms with Crippen molar-refractivity contribution in [1.82, 2.24) is 4.90 Å². The average molecular weight is 296 g/mol. The molecule has 0 fully saturated rings. The Morgan fingerprint density at radius 2 is 1.76 bits per heavy atom. The lowest BCUT2D eigenvalue weighted by Gasteiger charge is -2.22. The van der Waals surface area contributed by atoms with Gasteiger partial charge in [-0.15, -0.1) is 0 Å². The summed E-state index contributed by atoms with van der Waals surface area (Å²) in [7, 11) is 1.66. The Morgan fingerprint density at radius 1 is 1.10 bits per heavy atom. The number of hydrogen-bond donors (Lipinski definition) is 1. The molecule has 1 atom stereocenters. The number of halogens is 3. The van der Waals surface area contributed by atoms with Gasteiger partial charge in [0.05, 0.1) is 6.42 Å². The second-order valence-electron chi connectivity index (χ2n) is 5.34. The number of benzene rings is 2. The first-order chi connectivity index (χ1) is 9.85. The highest BCUT2D eigenvalue weighted by atomic mass is 19.4. The van der Waals surface area contributed by atoms with E-state index < -0.39 is 12.6 Å². The van der Waals surface area contributed by atoms with E-state index in [1.807, 2.05) is 42.5 Å². The summed E-state index contributed by atoms with van der Waals surface area (Å²) in [5, 5.41) is 2.21. The first-order valence-electron chi connectivity index (χ1n) is 6.85. The van der Waals surface area contributed by atoms with Gasteiger partial charge in [-0.3, -0.25) is 0 Å². The van der Waals surface area contributed by atoms with Gasteiger partial charge in [0.15, 0.2) is 0 Å². The molecule has 0 amide bonds. The molecule has 0 aromatic heterocycles. The molecular formula is C16H19F3N2. The minimum Gasteiger partial charge on any atom is -0.323 e. The van der Waals surface area contributed by atoms with Gasteiger partial charge < -0.3 is 10.6 Å². The minimum absolute atomic E-state index is 0.0369. The molecule has 0 bridgehead atoms. The van der Waals surface area contributed by atoms with Crippen LogP contribution in [-0.4, -0.2) is 31.2 Å². The molecule has 2 aromatic carbocycles. The maximum Gasteiger partial charge on any atom is 0.390 e. The highest BCUT2D eigenvalue weighted by molar-refractivity contribution is 5.83. The molecule has 0 spiro atoms. The van der Waals surface area contributed by atoms with Crippen LogP contribution in [-0.2, 0) is 0 Å². The lowest BCUT2D eigenvalue weighted by Crippen LogP contribution is -2.31. The van der Waals surface area contributed by atoms with Gasteiger partial charge in [-0.1, -0.05) is 36.4 Å². The molecule has 0 heterocycles. The van der Waals surface area contributed by atoms with Crippen LogP contribution >= 0.6 is 0 Å². The maximum atomic E-state index is 12.2. The van der Waals surface area contributed by atoms with E-state index in [0.29, 0.717) is 6.54 Å². The van der Waals surface area contributed by atoms with Crippen LogP contribution < -0.4 is 5.73 Å². The number of likely N-dealkylation sites (N-methyl/N-ethyl adjacent to an activating group) is 1. The number of alkyl halides is 3. The first-order valence-corrected chi connectivity index (χ1v) is 6.85. The lowest BCUT2D eigenvalue weighted by molar-refractivity contribution is -0.137. The van der Waals surface area contributed by atoms with Gasteiger partial charge in [-0.05, 0) is 29.4 Å². The summed E-state index contributed by atoms with van der Waals surface area (Å²) < 4.78 is 36.6. The SMILES string of the molecule is CN(CCC(F)(F)F)CC(N)c1ccc2ccccc2c1. The molecule has 0 aliphatic heterocycles. The normalized spacial score (nSPS) is 13.8. The van der Waals surface area contributed by atoms with Gasteiger partial charge >= 0.3 is 6.18 Å². The Hall–Kier alpha value is -1.59. The Bertz CT molecular complexity index is 595. The number of nitrogens with two attached hydrogens (primary N) is 1. The second-order valence-corrected chi connectivity index (χ2v) is 5.34. The predicted octanol–water partition coefficient (Wildman–Crippen LogP) is 3.72. The van der Waals surface area contributed by atoms with Crippen molar-refractivity contribution in [1.29, 1.82) is 0 Å². The van der Waals surface area contributed by atoms with Gasteiger partial charge in [0.25, 0.3) is 0 Å². The second kappa shape index (κ2) is 6.45. The van der Waals surface area contributed by atoms with Crippen LogP contribution in [0.3, 0.4) is 0 Å². The molecule has 0 aliphatic carbocycles. The summed E-state index contributed by atoms with van der Waals surface area (Å²) in [5.74, 6) is 0. The Kier molecular flexibility index (Phi) is 4.85. The van der Waals surface area contributed by atoms with Gasteiger partial charge in [0.1, 0.15) is 0 Å². The highest BCUT2D eigenvalue weighted by Crippen LogP contribution is 2.22. The van der Waals surface area contributed by atoms with E-state index in [0.717, 1.165) is 16.3 Å². The van der Waals surface area contributed by atoms with Crippen LogP contribution in [0.1, 0.15) is 18.0 Å². The molecule has 2 rings (SSSR count). The fraction of sp³-hybridized carbons (Fsp3) is 0.375. The van der Waals surface area contributed by atoms with Gasteiger partial charge in [0, 0.05) is 19.1 Å². The van der Waals surface area contributed by atoms with Gasteiger partial charge in [0.2, 0.25) is 0 Å². The van der Waals surface area contributed by atoms with Gasteiger partial charge in [-0.25, -0.2) is 0 Å². The van der Waals surface area contributed by atoms with Crippen LogP contribution in [0.15, 0.2) is 42.5 Å². The maximum absolute atomic E-state index is 12.2. The molecule has 0 saturated carbocycles. The van der Waals surface area contributed by atoms with E-state index in [-0.39, 0.29) is 12.6 Å². The largest absolute Gasteiger partial charge is 0.390 e. The first kappa shape index (κ1) is 15.8. The molecule has 0 aliphatic rings. The summed E-state index contributed by atoms with van der Waals surface area (Å²) in [6, 6.07) is 13.6. The lowest BCUT2D eigenvalue weighted by atomic mass is 10.0. The zero-order valence-corrected chi connectivity index (χ0v) is 11.9. The monoisotopic (exact) mass is 296 g/mol. The van der Waals surface area contributed by atoms with E-state index in [1.165, 1.54) is 0 Å². The molecule has 0 radical (unpaired) electrons. The Labute approximate surface area is 122 Å². The third-order valence-corrected chi connectivity index (χ3v) is 3.49. The van der Waals surface area contributed by atoms with E-state index in [4.69, 9.17) is 5.73 Å². The number of fused-ring (bicyclic) bond motifs is 1. The zero-order chi connectivity index (χ0) is 15.5. The molecule has 1 unspecified atom stereocenters. The quantitative estimate of drug-likeness (QED) is 0.911. The zero-order valence-electron chi connectivity index (χ0n) is 11.9. The average Bonchev–Trinajstić information content (AvgIpc) is 2.44. The molecule has 5 heteroatoms.